The lowest BCUT2D eigenvalue weighted by Crippen LogP contribution is -2.36. The summed E-state index contributed by atoms with van der Waals surface area (Å²) >= 11 is 0. The second-order valence-corrected chi connectivity index (χ2v) is 5.09. The van der Waals surface area contributed by atoms with Gasteiger partial charge in [-0.25, -0.2) is 0 Å². The monoisotopic (exact) mass is 247 g/mol. The highest BCUT2D eigenvalue weighted by atomic mass is 16.3. The molecule has 0 aliphatic heterocycles. The highest BCUT2D eigenvalue weighted by Gasteiger charge is 2.17. The maximum atomic E-state index is 9.95. The van der Waals surface area contributed by atoms with Crippen molar-refractivity contribution < 1.29 is 9.52 Å². The topological polar surface area (TPSA) is 45.4 Å². The van der Waals surface area contributed by atoms with Crippen molar-refractivity contribution in [1.29, 1.82) is 0 Å². The molecule has 0 aliphatic rings. The predicted octanol–water partition coefficient (Wildman–Crippen LogP) is 2.99. The number of para-hydroxylation sites is 1. The molecule has 18 heavy (non-hydrogen) atoms. The first-order chi connectivity index (χ1) is 8.53. The van der Waals surface area contributed by atoms with E-state index in [2.05, 4.69) is 11.4 Å². The third-order valence-corrected chi connectivity index (χ3v) is 3.47. The van der Waals surface area contributed by atoms with E-state index in [1.165, 1.54) is 5.56 Å². The summed E-state index contributed by atoms with van der Waals surface area (Å²) in [5.41, 5.74) is 1.46. The Morgan fingerprint density at radius 1 is 1.33 bits per heavy atom. The molecule has 2 rings (SSSR count). The van der Waals surface area contributed by atoms with Crippen LogP contribution in [0.3, 0.4) is 0 Å². The molecule has 0 saturated carbocycles. The van der Waals surface area contributed by atoms with Gasteiger partial charge < -0.3 is 14.8 Å². The van der Waals surface area contributed by atoms with Crippen LogP contribution in [0.15, 0.2) is 28.7 Å². The molecule has 1 atom stereocenters. The number of rotatable bonds is 5. The Balaban J connectivity index is 2.10. The van der Waals surface area contributed by atoms with E-state index in [9.17, 15) is 5.11 Å². The molecular formula is C15H21NO2. The average molecular weight is 247 g/mol. The average Bonchev–Trinajstić information content (AvgIpc) is 2.66. The van der Waals surface area contributed by atoms with Crippen LogP contribution in [0.5, 0.6) is 0 Å². The van der Waals surface area contributed by atoms with Crippen LogP contribution in [0.1, 0.15) is 31.6 Å². The normalized spacial score (nSPS) is 14.9. The van der Waals surface area contributed by atoms with Crippen LogP contribution in [0, 0.1) is 6.92 Å². The molecule has 0 radical (unpaired) electrons. The van der Waals surface area contributed by atoms with Gasteiger partial charge in [0.2, 0.25) is 0 Å². The lowest BCUT2D eigenvalue weighted by atomic mass is 10.0. The van der Waals surface area contributed by atoms with E-state index >= 15 is 0 Å². The molecule has 1 aromatic carbocycles. The summed E-state index contributed by atoms with van der Waals surface area (Å²) in [6, 6.07) is 8.04. The van der Waals surface area contributed by atoms with Gasteiger partial charge in [-0.2, -0.15) is 0 Å². The summed E-state index contributed by atoms with van der Waals surface area (Å²) in [6.45, 7) is 7.12. The Hall–Kier alpha value is -1.32. The summed E-state index contributed by atoms with van der Waals surface area (Å²) in [4.78, 5) is 0. The van der Waals surface area contributed by atoms with Crippen LogP contribution in [0.4, 0.5) is 0 Å². The van der Waals surface area contributed by atoms with Crippen molar-refractivity contribution in [3.05, 3.63) is 35.6 Å². The first kappa shape index (κ1) is 13.1. The van der Waals surface area contributed by atoms with Crippen molar-refractivity contribution in [2.45, 2.75) is 39.3 Å². The van der Waals surface area contributed by atoms with Crippen molar-refractivity contribution in [3.63, 3.8) is 0 Å². The maximum Gasteiger partial charge on any atom is 0.134 e. The lowest BCUT2D eigenvalue weighted by Gasteiger charge is -2.21. The zero-order valence-corrected chi connectivity index (χ0v) is 11.3. The number of furan rings is 1. The van der Waals surface area contributed by atoms with Gasteiger partial charge in [-0.3, -0.25) is 0 Å². The second-order valence-electron chi connectivity index (χ2n) is 5.09. The SMILES string of the molecule is CCC(C)(O)CNCc1c(C)oc2ccccc12. The molecule has 0 bridgehead atoms. The molecular weight excluding hydrogens is 226 g/mol. The van der Waals surface area contributed by atoms with Gasteiger partial charge in [0.25, 0.3) is 0 Å². The zero-order chi connectivity index (χ0) is 13.2. The number of benzene rings is 1. The first-order valence-corrected chi connectivity index (χ1v) is 6.43. The van der Waals surface area contributed by atoms with Crippen LogP contribution in [-0.4, -0.2) is 17.3 Å². The van der Waals surface area contributed by atoms with Crippen molar-refractivity contribution >= 4 is 11.0 Å². The fourth-order valence-corrected chi connectivity index (χ4v) is 2.02. The predicted molar refractivity (Wildman–Crippen MR) is 73.6 cm³/mol. The quantitative estimate of drug-likeness (QED) is 0.853. The summed E-state index contributed by atoms with van der Waals surface area (Å²) in [7, 11) is 0. The first-order valence-electron chi connectivity index (χ1n) is 6.43. The van der Waals surface area contributed by atoms with Gasteiger partial charge in [0, 0.05) is 24.0 Å². The minimum atomic E-state index is -0.645. The number of hydrogen-bond acceptors (Lipinski definition) is 3. The van der Waals surface area contributed by atoms with Gasteiger partial charge in [0.1, 0.15) is 11.3 Å². The fraction of sp³-hybridized carbons (Fsp3) is 0.467. The van der Waals surface area contributed by atoms with E-state index in [1.807, 2.05) is 39.0 Å². The van der Waals surface area contributed by atoms with E-state index in [-0.39, 0.29) is 0 Å². The number of fused-ring (bicyclic) bond motifs is 1. The minimum absolute atomic E-state index is 0.586. The standard InChI is InChI=1S/C15H21NO2/c1-4-15(3,17)10-16-9-13-11(2)18-14-8-6-5-7-12(13)14/h5-8,16-17H,4,9-10H2,1-3H3. The highest BCUT2D eigenvalue weighted by molar-refractivity contribution is 5.82. The van der Waals surface area contributed by atoms with E-state index in [4.69, 9.17) is 4.42 Å². The summed E-state index contributed by atoms with van der Waals surface area (Å²) < 4.78 is 5.71. The van der Waals surface area contributed by atoms with Gasteiger partial charge in [0.05, 0.1) is 5.60 Å². The number of hydrogen-bond donors (Lipinski definition) is 2. The molecule has 0 saturated heterocycles. The van der Waals surface area contributed by atoms with Crippen molar-refractivity contribution in [1.82, 2.24) is 5.32 Å². The van der Waals surface area contributed by atoms with Crippen LogP contribution < -0.4 is 5.32 Å². The van der Waals surface area contributed by atoms with Crippen LogP contribution in [-0.2, 0) is 6.54 Å². The lowest BCUT2D eigenvalue weighted by molar-refractivity contribution is 0.0555. The molecule has 2 N–H and O–H groups in total. The molecule has 3 nitrogen and oxygen atoms in total. The summed E-state index contributed by atoms with van der Waals surface area (Å²) in [5.74, 6) is 0.944. The van der Waals surface area contributed by atoms with Crippen LogP contribution in [0.25, 0.3) is 11.0 Å². The van der Waals surface area contributed by atoms with Crippen molar-refractivity contribution in [2.24, 2.45) is 0 Å². The molecule has 0 amide bonds. The molecule has 3 heteroatoms. The van der Waals surface area contributed by atoms with Crippen LogP contribution in [0.2, 0.25) is 0 Å². The molecule has 98 valence electrons. The third kappa shape index (κ3) is 2.74. The Kier molecular flexibility index (Phi) is 3.73. The second kappa shape index (κ2) is 5.12. The van der Waals surface area contributed by atoms with E-state index < -0.39 is 5.60 Å². The Bertz CT molecular complexity index is 528. The molecule has 2 aromatic rings. The van der Waals surface area contributed by atoms with Gasteiger partial charge >= 0.3 is 0 Å². The smallest absolute Gasteiger partial charge is 0.134 e. The number of aliphatic hydroxyl groups is 1. The van der Waals surface area contributed by atoms with Crippen LogP contribution >= 0.6 is 0 Å². The largest absolute Gasteiger partial charge is 0.461 e. The van der Waals surface area contributed by atoms with Crippen molar-refractivity contribution in [2.75, 3.05) is 6.54 Å². The van der Waals surface area contributed by atoms with Crippen molar-refractivity contribution in [3.8, 4) is 0 Å². The van der Waals surface area contributed by atoms with E-state index in [1.54, 1.807) is 0 Å². The summed E-state index contributed by atoms with van der Waals surface area (Å²) in [6.07, 6.45) is 0.741. The molecule has 0 spiro atoms. The van der Waals surface area contributed by atoms with Gasteiger partial charge in [-0.1, -0.05) is 25.1 Å². The van der Waals surface area contributed by atoms with E-state index in [0.717, 1.165) is 29.7 Å². The Labute approximate surface area is 108 Å². The Morgan fingerprint density at radius 2 is 2.06 bits per heavy atom. The summed E-state index contributed by atoms with van der Waals surface area (Å²) in [5, 5.41) is 14.4. The van der Waals surface area contributed by atoms with Gasteiger partial charge in [-0.05, 0) is 26.3 Å². The zero-order valence-electron chi connectivity index (χ0n) is 11.3. The third-order valence-electron chi connectivity index (χ3n) is 3.47. The maximum absolute atomic E-state index is 9.95. The molecule has 1 heterocycles. The minimum Gasteiger partial charge on any atom is -0.461 e. The number of nitrogens with one attached hydrogen (secondary N) is 1. The molecule has 0 fully saturated rings. The molecule has 1 unspecified atom stereocenters. The fourth-order valence-electron chi connectivity index (χ4n) is 2.02. The van der Waals surface area contributed by atoms with Gasteiger partial charge in [-0.15, -0.1) is 0 Å². The molecule has 1 aromatic heterocycles. The highest BCUT2D eigenvalue weighted by Crippen LogP contribution is 2.25. The van der Waals surface area contributed by atoms with Gasteiger partial charge in [0.15, 0.2) is 0 Å². The Morgan fingerprint density at radius 3 is 2.78 bits per heavy atom. The van der Waals surface area contributed by atoms with E-state index in [0.29, 0.717) is 6.54 Å². The number of aryl methyl sites for hydroxylation is 1. The molecule has 0 aliphatic carbocycles.